The standard InChI is InChI=1S/C15H19N3OS/c1-11-8-16-12(2)18(11)10-13-5-6-17(9-13)15(19)14-4-3-7-20-14/h3-4,7-8,13H,5-6,9-10H2,1-2H3. The highest BCUT2D eigenvalue weighted by Gasteiger charge is 2.28. The van der Waals surface area contributed by atoms with Gasteiger partial charge in [0.25, 0.3) is 5.91 Å². The van der Waals surface area contributed by atoms with E-state index in [0.29, 0.717) is 5.92 Å². The highest BCUT2D eigenvalue weighted by molar-refractivity contribution is 7.12. The third-order valence-electron chi connectivity index (χ3n) is 4.00. The number of carbonyl (C=O) groups excluding carboxylic acids is 1. The molecule has 3 heterocycles. The average molecular weight is 289 g/mol. The van der Waals surface area contributed by atoms with Crippen LogP contribution in [-0.4, -0.2) is 33.4 Å². The Balaban J connectivity index is 1.64. The van der Waals surface area contributed by atoms with Gasteiger partial charge in [-0.05, 0) is 37.6 Å². The van der Waals surface area contributed by atoms with Gasteiger partial charge < -0.3 is 9.47 Å². The van der Waals surface area contributed by atoms with E-state index in [0.717, 1.165) is 36.8 Å². The van der Waals surface area contributed by atoms with Crippen LogP contribution >= 0.6 is 11.3 Å². The first-order valence-electron chi connectivity index (χ1n) is 6.96. The molecule has 1 atom stereocenters. The highest BCUT2D eigenvalue weighted by atomic mass is 32.1. The van der Waals surface area contributed by atoms with E-state index < -0.39 is 0 Å². The maximum atomic E-state index is 12.3. The molecule has 1 fully saturated rings. The Hall–Kier alpha value is -1.62. The van der Waals surface area contributed by atoms with E-state index in [1.165, 1.54) is 17.0 Å². The largest absolute Gasteiger partial charge is 0.338 e. The Morgan fingerprint density at radius 1 is 1.50 bits per heavy atom. The second-order valence-electron chi connectivity index (χ2n) is 5.44. The monoisotopic (exact) mass is 289 g/mol. The zero-order valence-corrected chi connectivity index (χ0v) is 12.7. The molecule has 1 amide bonds. The summed E-state index contributed by atoms with van der Waals surface area (Å²) in [5.41, 5.74) is 1.20. The van der Waals surface area contributed by atoms with E-state index in [-0.39, 0.29) is 5.91 Å². The van der Waals surface area contributed by atoms with Gasteiger partial charge in [0.15, 0.2) is 0 Å². The minimum absolute atomic E-state index is 0.182. The maximum Gasteiger partial charge on any atom is 0.263 e. The Bertz CT molecular complexity index is 583. The SMILES string of the molecule is Cc1cnc(C)n1CC1CCN(C(=O)c2cccs2)C1. The van der Waals surface area contributed by atoms with Gasteiger partial charge in [-0.25, -0.2) is 4.98 Å². The second-order valence-corrected chi connectivity index (χ2v) is 6.39. The van der Waals surface area contributed by atoms with Crippen molar-refractivity contribution in [1.82, 2.24) is 14.5 Å². The Morgan fingerprint density at radius 2 is 2.35 bits per heavy atom. The maximum absolute atomic E-state index is 12.3. The summed E-state index contributed by atoms with van der Waals surface area (Å²) < 4.78 is 2.25. The van der Waals surface area contributed by atoms with Gasteiger partial charge in [0, 0.05) is 31.5 Å². The van der Waals surface area contributed by atoms with Crippen molar-refractivity contribution in [2.45, 2.75) is 26.8 Å². The molecule has 0 aromatic carbocycles. The number of imidazole rings is 1. The van der Waals surface area contributed by atoms with Gasteiger partial charge in [-0.2, -0.15) is 0 Å². The predicted molar refractivity (Wildman–Crippen MR) is 80.0 cm³/mol. The van der Waals surface area contributed by atoms with E-state index in [2.05, 4.69) is 16.5 Å². The fourth-order valence-electron chi connectivity index (χ4n) is 2.84. The molecular formula is C15H19N3OS. The van der Waals surface area contributed by atoms with Crippen LogP contribution in [0.1, 0.15) is 27.6 Å². The number of carbonyl (C=O) groups is 1. The molecule has 3 rings (SSSR count). The molecule has 2 aromatic rings. The summed E-state index contributed by atoms with van der Waals surface area (Å²) in [7, 11) is 0. The van der Waals surface area contributed by atoms with Crippen molar-refractivity contribution < 1.29 is 4.79 Å². The zero-order chi connectivity index (χ0) is 14.1. The van der Waals surface area contributed by atoms with Crippen molar-refractivity contribution in [3.8, 4) is 0 Å². The first-order chi connectivity index (χ1) is 9.65. The molecule has 0 bridgehead atoms. The van der Waals surface area contributed by atoms with Crippen LogP contribution in [0.25, 0.3) is 0 Å². The summed E-state index contributed by atoms with van der Waals surface area (Å²) in [5.74, 6) is 1.78. The van der Waals surface area contributed by atoms with Crippen LogP contribution in [-0.2, 0) is 6.54 Å². The molecule has 2 aromatic heterocycles. The minimum Gasteiger partial charge on any atom is -0.338 e. The molecule has 1 unspecified atom stereocenters. The Morgan fingerprint density at radius 3 is 3.00 bits per heavy atom. The van der Waals surface area contributed by atoms with Gasteiger partial charge in [-0.3, -0.25) is 4.79 Å². The molecule has 20 heavy (non-hydrogen) atoms. The van der Waals surface area contributed by atoms with Gasteiger partial charge >= 0.3 is 0 Å². The molecule has 106 valence electrons. The van der Waals surface area contributed by atoms with E-state index >= 15 is 0 Å². The van der Waals surface area contributed by atoms with Crippen molar-refractivity contribution in [1.29, 1.82) is 0 Å². The summed E-state index contributed by atoms with van der Waals surface area (Å²) in [4.78, 5) is 19.5. The number of nitrogens with zero attached hydrogens (tertiary/aromatic N) is 3. The lowest BCUT2D eigenvalue weighted by atomic mass is 10.1. The molecule has 0 saturated carbocycles. The minimum atomic E-state index is 0.182. The van der Waals surface area contributed by atoms with Crippen LogP contribution in [0.15, 0.2) is 23.7 Å². The summed E-state index contributed by atoms with van der Waals surface area (Å²) >= 11 is 1.52. The average Bonchev–Trinajstić information content (AvgIpc) is 3.15. The van der Waals surface area contributed by atoms with Crippen LogP contribution in [0.4, 0.5) is 0 Å². The third kappa shape index (κ3) is 2.50. The lowest BCUT2D eigenvalue weighted by molar-refractivity contribution is 0.0790. The number of hydrogen-bond donors (Lipinski definition) is 0. The highest BCUT2D eigenvalue weighted by Crippen LogP contribution is 2.23. The van der Waals surface area contributed by atoms with Crippen molar-refractivity contribution >= 4 is 17.2 Å². The van der Waals surface area contributed by atoms with Gasteiger partial charge in [-0.15, -0.1) is 11.3 Å². The number of rotatable bonds is 3. The molecule has 5 heteroatoms. The molecule has 0 N–H and O–H groups in total. The molecule has 1 saturated heterocycles. The Kier molecular flexibility index (Phi) is 3.61. The molecule has 1 aliphatic rings. The topological polar surface area (TPSA) is 38.1 Å². The lowest BCUT2D eigenvalue weighted by Crippen LogP contribution is -2.28. The molecular weight excluding hydrogens is 270 g/mol. The normalized spacial score (nSPS) is 18.7. The third-order valence-corrected chi connectivity index (χ3v) is 4.86. The predicted octanol–water partition coefficient (Wildman–Crippen LogP) is 2.72. The van der Waals surface area contributed by atoms with Crippen LogP contribution in [0.3, 0.4) is 0 Å². The van der Waals surface area contributed by atoms with E-state index in [4.69, 9.17) is 0 Å². The zero-order valence-electron chi connectivity index (χ0n) is 11.9. The number of aromatic nitrogens is 2. The molecule has 0 spiro atoms. The summed E-state index contributed by atoms with van der Waals surface area (Å²) in [5, 5.41) is 1.96. The molecule has 4 nitrogen and oxygen atoms in total. The van der Waals surface area contributed by atoms with Crippen LogP contribution < -0.4 is 0 Å². The first-order valence-corrected chi connectivity index (χ1v) is 7.84. The van der Waals surface area contributed by atoms with E-state index in [9.17, 15) is 4.79 Å². The van der Waals surface area contributed by atoms with E-state index in [1.807, 2.05) is 35.5 Å². The number of thiophene rings is 1. The number of aryl methyl sites for hydroxylation is 2. The summed E-state index contributed by atoms with van der Waals surface area (Å²) in [6, 6.07) is 3.84. The van der Waals surface area contributed by atoms with Gasteiger partial charge in [0.2, 0.25) is 0 Å². The fourth-order valence-corrected chi connectivity index (χ4v) is 3.53. The first kappa shape index (κ1) is 13.4. The van der Waals surface area contributed by atoms with Crippen LogP contribution in [0.2, 0.25) is 0 Å². The molecule has 0 aliphatic carbocycles. The smallest absolute Gasteiger partial charge is 0.263 e. The van der Waals surface area contributed by atoms with Crippen molar-refractivity contribution in [3.05, 3.63) is 40.1 Å². The van der Waals surface area contributed by atoms with Gasteiger partial charge in [0.05, 0.1) is 4.88 Å². The Labute approximate surface area is 123 Å². The molecule has 1 aliphatic heterocycles. The quantitative estimate of drug-likeness (QED) is 0.871. The van der Waals surface area contributed by atoms with Crippen LogP contribution in [0.5, 0.6) is 0 Å². The van der Waals surface area contributed by atoms with Crippen molar-refractivity contribution in [3.63, 3.8) is 0 Å². The summed E-state index contributed by atoms with van der Waals surface area (Å²) in [6.45, 7) is 6.81. The van der Waals surface area contributed by atoms with Crippen LogP contribution in [0, 0.1) is 19.8 Å². The van der Waals surface area contributed by atoms with Gasteiger partial charge in [-0.1, -0.05) is 6.07 Å². The molecule has 0 radical (unpaired) electrons. The number of amides is 1. The lowest BCUT2D eigenvalue weighted by Gasteiger charge is -2.17. The van der Waals surface area contributed by atoms with E-state index in [1.54, 1.807) is 0 Å². The number of likely N-dealkylation sites (tertiary alicyclic amines) is 1. The number of hydrogen-bond acceptors (Lipinski definition) is 3. The second kappa shape index (κ2) is 5.40. The van der Waals surface area contributed by atoms with Crippen molar-refractivity contribution in [2.24, 2.45) is 5.92 Å². The summed E-state index contributed by atoms with van der Waals surface area (Å²) in [6.07, 6.45) is 2.99. The van der Waals surface area contributed by atoms with Crippen molar-refractivity contribution in [2.75, 3.05) is 13.1 Å². The fraction of sp³-hybridized carbons (Fsp3) is 0.467. The van der Waals surface area contributed by atoms with Gasteiger partial charge in [0.1, 0.15) is 5.82 Å².